The molecule has 0 spiro atoms. The zero-order chi connectivity index (χ0) is 26.3. The highest BCUT2D eigenvalue weighted by Gasteiger charge is 2.16. The van der Waals surface area contributed by atoms with Crippen molar-refractivity contribution in [2.24, 2.45) is 0 Å². The van der Waals surface area contributed by atoms with E-state index in [9.17, 15) is 19.2 Å². The van der Waals surface area contributed by atoms with Gasteiger partial charge in [-0.15, -0.1) is 0 Å². The molecule has 0 fully saturated rings. The molecule has 0 saturated heterocycles. The molecular weight excluding hydrogens is 468 g/mol. The molecule has 0 radical (unpaired) electrons. The van der Waals surface area contributed by atoms with Gasteiger partial charge in [0.05, 0.1) is 34.6 Å². The number of aliphatic carboxylic acids is 1. The predicted molar refractivity (Wildman–Crippen MR) is 130 cm³/mol. The summed E-state index contributed by atoms with van der Waals surface area (Å²) in [7, 11) is 0. The average molecular weight is 495 g/mol. The Labute approximate surface area is 204 Å². The van der Waals surface area contributed by atoms with Crippen molar-refractivity contribution in [2.45, 2.75) is 52.1 Å². The Morgan fingerprint density at radius 1 is 0.861 bits per heavy atom. The summed E-state index contributed by atoms with van der Waals surface area (Å²) in [5.74, 6) is -0.377. The van der Waals surface area contributed by atoms with Crippen LogP contribution in [0.4, 0.5) is 0 Å². The minimum absolute atomic E-state index is 0.0560. The first-order chi connectivity index (χ1) is 17.0. The first kappa shape index (κ1) is 26.1. The van der Waals surface area contributed by atoms with E-state index < -0.39 is 11.6 Å². The molecule has 0 aliphatic heterocycles. The van der Waals surface area contributed by atoms with Crippen LogP contribution in [0.2, 0.25) is 0 Å². The minimum Gasteiger partial charge on any atom is -0.481 e. The Kier molecular flexibility index (Phi) is 8.20. The molecule has 0 aliphatic carbocycles. The number of hydrogen-bond acceptors (Lipinski definition) is 9. The molecule has 0 bridgehead atoms. The summed E-state index contributed by atoms with van der Waals surface area (Å²) in [6.45, 7) is 5.44. The van der Waals surface area contributed by atoms with Crippen LogP contribution in [-0.2, 0) is 27.2 Å². The van der Waals surface area contributed by atoms with Gasteiger partial charge in [0.25, 0.3) is 11.1 Å². The van der Waals surface area contributed by atoms with E-state index in [0.717, 1.165) is 0 Å². The molecule has 0 amide bonds. The number of carboxylic acids is 1. The van der Waals surface area contributed by atoms with Gasteiger partial charge in [-0.3, -0.25) is 29.1 Å². The van der Waals surface area contributed by atoms with Crippen LogP contribution in [0.3, 0.4) is 0 Å². The van der Waals surface area contributed by atoms with Crippen molar-refractivity contribution < 1.29 is 19.4 Å². The predicted octanol–water partition coefficient (Wildman–Crippen LogP) is 1.93. The molecule has 0 aromatic carbocycles. The normalized spacial score (nSPS) is 11.1. The summed E-state index contributed by atoms with van der Waals surface area (Å²) in [4.78, 5) is 66.7. The number of esters is 1. The van der Waals surface area contributed by atoms with Gasteiger partial charge >= 0.3 is 11.9 Å². The lowest BCUT2D eigenvalue weighted by atomic mass is 10.2. The number of H-pyrrole nitrogens is 2. The van der Waals surface area contributed by atoms with Crippen molar-refractivity contribution in [2.75, 3.05) is 0 Å². The second kappa shape index (κ2) is 11.3. The third kappa shape index (κ3) is 7.52. The molecule has 36 heavy (non-hydrogen) atoms. The Balaban J connectivity index is 0.000000205. The zero-order valence-corrected chi connectivity index (χ0v) is 20.1. The number of nitrogens with one attached hydrogen (secondary N) is 2. The van der Waals surface area contributed by atoms with Gasteiger partial charge in [0, 0.05) is 37.6 Å². The van der Waals surface area contributed by atoms with Crippen LogP contribution in [0.5, 0.6) is 0 Å². The summed E-state index contributed by atoms with van der Waals surface area (Å²) in [6, 6.07) is 3.29. The largest absolute Gasteiger partial charge is 0.481 e. The first-order valence-electron chi connectivity index (χ1n) is 11.1. The van der Waals surface area contributed by atoms with Crippen LogP contribution in [-0.4, -0.2) is 52.6 Å². The van der Waals surface area contributed by atoms with Crippen LogP contribution >= 0.6 is 0 Å². The highest BCUT2D eigenvalue weighted by Crippen LogP contribution is 2.10. The van der Waals surface area contributed by atoms with Crippen molar-refractivity contribution in [3.05, 3.63) is 69.3 Å². The number of carbonyl (C=O) groups excluding carboxylic acids is 1. The van der Waals surface area contributed by atoms with Crippen LogP contribution in [0.15, 0.2) is 46.5 Å². The van der Waals surface area contributed by atoms with Crippen molar-refractivity contribution in [3.63, 3.8) is 0 Å². The monoisotopic (exact) mass is 494 g/mol. The lowest BCUT2D eigenvalue weighted by Crippen LogP contribution is -2.24. The number of aryl methyl sites for hydroxylation is 2. The van der Waals surface area contributed by atoms with E-state index >= 15 is 0 Å². The fourth-order valence-electron chi connectivity index (χ4n) is 3.14. The molecule has 4 rings (SSSR count). The fourth-order valence-corrected chi connectivity index (χ4v) is 3.14. The van der Waals surface area contributed by atoms with Crippen molar-refractivity contribution in [1.82, 2.24) is 29.9 Å². The molecule has 4 aromatic heterocycles. The standard InChI is InChI=1S/C14H17N3O3.C10H9N3O3/c1-14(2,3)20-12(18)5-4-11-16-10-6-7-15-8-9(10)13(19)17-11;14-9(15)2-1-8-12-7-3-4-11-5-6(7)10(16)13-8/h6-8H,4-5H2,1-3H3,(H,16,17,19);3-5H,1-2H2,(H,14,15)(H,12,13,16). The molecular formula is C24H26N6O6. The lowest BCUT2D eigenvalue weighted by Gasteiger charge is -2.19. The molecule has 0 atom stereocenters. The van der Waals surface area contributed by atoms with Crippen LogP contribution in [0.1, 0.15) is 45.3 Å². The van der Waals surface area contributed by atoms with Gasteiger partial charge in [-0.2, -0.15) is 0 Å². The molecule has 4 aromatic rings. The molecule has 188 valence electrons. The second-order valence-electron chi connectivity index (χ2n) is 8.79. The summed E-state index contributed by atoms with van der Waals surface area (Å²) in [5, 5.41) is 9.37. The molecule has 12 nitrogen and oxygen atoms in total. The van der Waals surface area contributed by atoms with Gasteiger partial charge in [-0.25, -0.2) is 9.97 Å². The maximum Gasteiger partial charge on any atom is 0.306 e. The van der Waals surface area contributed by atoms with E-state index in [-0.39, 0.29) is 36.4 Å². The molecule has 12 heteroatoms. The van der Waals surface area contributed by atoms with Gasteiger partial charge in [-0.05, 0) is 32.9 Å². The maximum absolute atomic E-state index is 11.8. The Hall–Kier alpha value is -4.48. The van der Waals surface area contributed by atoms with Gasteiger partial charge in [0.1, 0.15) is 17.2 Å². The average Bonchev–Trinajstić information content (AvgIpc) is 2.81. The molecule has 4 heterocycles. The van der Waals surface area contributed by atoms with Crippen LogP contribution < -0.4 is 11.1 Å². The van der Waals surface area contributed by atoms with Gasteiger partial charge in [0.15, 0.2) is 0 Å². The first-order valence-corrected chi connectivity index (χ1v) is 11.1. The van der Waals surface area contributed by atoms with E-state index in [1.54, 1.807) is 18.3 Å². The quantitative estimate of drug-likeness (QED) is 0.335. The van der Waals surface area contributed by atoms with E-state index in [2.05, 4.69) is 29.9 Å². The summed E-state index contributed by atoms with van der Waals surface area (Å²) in [5.41, 5.74) is 0.0512. The lowest BCUT2D eigenvalue weighted by molar-refractivity contribution is -0.154. The molecule has 3 N–H and O–H groups in total. The SMILES string of the molecule is CC(C)(C)OC(=O)CCc1nc2ccncc2c(=O)[nH]1.O=C(O)CCc1nc2ccncc2c(=O)[nH]1. The van der Waals surface area contributed by atoms with E-state index in [0.29, 0.717) is 39.9 Å². The Morgan fingerprint density at radius 2 is 1.33 bits per heavy atom. The number of ether oxygens (including phenoxy) is 1. The van der Waals surface area contributed by atoms with Crippen molar-refractivity contribution >= 4 is 33.7 Å². The number of rotatable bonds is 6. The van der Waals surface area contributed by atoms with Crippen molar-refractivity contribution in [1.29, 1.82) is 0 Å². The number of pyridine rings is 2. The number of nitrogens with zero attached hydrogens (tertiary/aromatic N) is 4. The number of carbonyl (C=O) groups is 2. The van der Waals surface area contributed by atoms with E-state index in [4.69, 9.17) is 9.84 Å². The highest BCUT2D eigenvalue weighted by molar-refractivity contribution is 5.76. The van der Waals surface area contributed by atoms with Crippen LogP contribution in [0, 0.1) is 0 Å². The molecule has 0 unspecified atom stereocenters. The highest BCUT2D eigenvalue weighted by atomic mass is 16.6. The molecule has 0 saturated carbocycles. The minimum atomic E-state index is -0.919. The molecule has 0 aliphatic rings. The van der Waals surface area contributed by atoms with E-state index in [1.807, 2.05) is 20.8 Å². The van der Waals surface area contributed by atoms with Gasteiger partial charge in [0.2, 0.25) is 0 Å². The number of aromatic amines is 2. The second-order valence-corrected chi connectivity index (χ2v) is 8.79. The summed E-state index contributed by atoms with van der Waals surface area (Å²) in [6.07, 6.45) is 6.69. The smallest absolute Gasteiger partial charge is 0.306 e. The summed E-state index contributed by atoms with van der Waals surface area (Å²) >= 11 is 0. The topological polar surface area (TPSA) is 181 Å². The van der Waals surface area contributed by atoms with Gasteiger partial charge in [-0.1, -0.05) is 0 Å². The van der Waals surface area contributed by atoms with Gasteiger partial charge < -0.3 is 19.8 Å². The fraction of sp³-hybridized carbons (Fsp3) is 0.333. The van der Waals surface area contributed by atoms with E-state index in [1.165, 1.54) is 18.6 Å². The zero-order valence-electron chi connectivity index (χ0n) is 20.1. The Bertz CT molecular complexity index is 1510. The maximum atomic E-state index is 11.8. The summed E-state index contributed by atoms with van der Waals surface area (Å²) < 4.78 is 5.21. The van der Waals surface area contributed by atoms with Crippen molar-refractivity contribution in [3.8, 4) is 0 Å². The van der Waals surface area contributed by atoms with Crippen LogP contribution in [0.25, 0.3) is 21.8 Å². The number of fused-ring (bicyclic) bond motifs is 2. The number of aromatic nitrogens is 6. The third-order valence-corrected chi connectivity index (χ3v) is 4.67. The number of carboxylic acid groups (broad SMARTS) is 1. The third-order valence-electron chi connectivity index (χ3n) is 4.67. The number of hydrogen-bond donors (Lipinski definition) is 3. The Morgan fingerprint density at radius 3 is 1.78 bits per heavy atom.